The summed E-state index contributed by atoms with van der Waals surface area (Å²) in [4.78, 5) is 17.7. The molecule has 0 fully saturated rings. The second-order valence-electron chi connectivity index (χ2n) is 4.86. The van der Waals surface area contributed by atoms with Gasteiger partial charge in [-0.2, -0.15) is 0 Å². The average molecular weight is 278 g/mol. The fourth-order valence-corrected chi connectivity index (χ4v) is 3.11. The molecule has 0 aromatic heterocycles. The van der Waals surface area contributed by atoms with Gasteiger partial charge in [0.2, 0.25) is 0 Å². The summed E-state index contributed by atoms with van der Waals surface area (Å²) < 4.78 is 0. The van der Waals surface area contributed by atoms with E-state index in [-0.39, 0.29) is 6.04 Å². The SMILES string of the molecule is C[C@@H](C1=NC(c2ccc(C(=O)O)cc2)CS1)N(C)C. The van der Waals surface area contributed by atoms with Crippen molar-refractivity contribution in [3.8, 4) is 0 Å². The maximum absolute atomic E-state index is 10.8. The molecule has 2 rings (SSSR count). The summed E-state index contributed by atoms with van der Waals surface area (Å²) >= 11 is 1.78. The molecule has 1 aliphatic heterocycles. The summed E-state index contributed by atoms with van der Waals surface area (Å²) in [5, 5.41) is 10.0. The first kappa shape index (κ1) is 14.1. The molecule has 19 heavy (non-hydrogen) atoms. The Hall–Kier alpha value is -1.33. The number of thioether (sulfide) groups is 1. The third kappa shape index (κ3) is 3.16. The molecule has 102 valence electrons. The Kier molecular flexibility index (Phi) is 4.27. The third-order valence-electron chi connectivity index (χ3n) is 3.35. The van der Waals surface area contributed by atoms with E-state index in [0.717, 1.165) is 16.4 Å². The molecule has 1 N–H and O–H groups in total. The molecule has 0 saturated carbocycles. The van der Waals surface area contributed by atoms with Crippen molar-refractivity contribution in [3.05, 3.63) is 35.4 Å². The van der Waals surface area contributed by atoms with Gasteiger partial charge in [0.25, 0.3) is 0 Å². The number of aliphatic imine (C=N–C) groups is 1. The number of hydrogen-bond acceptors (Lipinski definition) is 4. The van der Waals surface area contributed by atoms with Crippen LogP contribution in [0, 0.1) is 0 Å². The molecule has 0 amide bonds. The molecule has 1 aliphatic rings. The first-order chi connectivity index (χ1) is 8.99. The van der Waals surface area contributed by atoms with E-state index >= 15 is 0 Å². The Labute approximate surface area is 117 Å². The van der Waals surface area contributed by atoms with Crippen LogP contribution in [0.25, 0.3) is 0 Å². The minimum atomic E-state index is -0.891. The van der Waals surface area contributed by atoms with E-state index < -0.39 is 5.97 Å². The molecule has 5 heteroatoms. The number of carboxylic acid groups (broad SMARTS) is 1. The van der Waals surface area contributed by atoms with Gasteiger partial charge in [-0.15, -0.1) is 11.8 Å². The van der Waals surface area contributed by atoms with Gasteiger partial charge in [-0.05, 0) is 38.7 Å². The van der Waals surface area contributed by atoms with E-state index in [0.29, 0.717) is 11.6 Å². The molecule has 1 unspecified atom stereocenters. The highest BCUT2D eigenvalue weighted by Gasteiger charge is 2.24. The molecule has 0 saturated heterocycles. The first-order valence-corrected chi connectivity index (χ1v) is 7.17. The average Bonchev–Trinajstić information content (AvgIpc) is 2.87. The number of aromatic carboxylic acids is 1. The van der Waals surface area contributed by atoms with Crippen molar-refractivity contribution in [2.24, 2.45) is 4.99 Å². The lowest BCUT2D eigenvalue weighted by molar-refractivity contribution is 0.0697. The van der Waals surface area contributed by atoms with Crippen LogP contribution < -0.4 is 0 Å². The molecule has 0 bridgehead atoms. The predicted molar refractivity (Wildman–Crippen MR) is 79.2 cm³/mol. The van der Waals surface area contributed by atoms with Crippen LogP contribution in [0.2, 0.25) is 0 Å². The summed E-state index contributed by atoms with van der Waals surface area (Å²) in [7, 11) is 4.09. The summed E-state index contributed by atoms with van der Waals surface area (Å²) in [6, 6.07) is 7.48. The molecular weight excluding hydrogens is 260 g/mol. The van der Waals surface area contributed by atoms with Crippen LogP contribution in [0.4, 0.5) is 0 Å². The summed E-state index contributed by atoms with van der Waals surface area (Å²) in [6.45, 7) is 2.14. The minimum Gasteiger partial charge on any atom is -0.478 e. The van der Waals surface area contributed by atoms with Crippen LogP contribution in [-0.2, 0) is 0 Å². The number of hydrogen-bond donors (Lipinski definition) is 1. The van der Waals surface area contributed by atoms with Crippen LogP contribution in [-0.4, -0.2) is 46.9 Å². The molecule has 1 heterocycles. The minimum absolute atomic E-state index is 0.144. The van der Waals surface area contributed by atoms with Crippen LogP contribution >= 0.6 is 11.8 Å². The fourth-order valence-electron chi connectivity index (χ4n) is 1.86. The molecular formula is C14H18N2O2S. The van der Waals surface area contributed by atoms with Crippen molar-refractivity contribution < 1.29 is 9.90 Å². The van der Waals surface area contributed by atoms with Crippen LogP contribution in [0.3, 0.4) is 0 Å². The molecule has 0 radical (unpaired) electrons. The molecule has 1 aromatic carbocycles. The maximum Gasteiger partial charge on any atom is 0.335 e. The number of carbonyl (C=O) groups is 1. The Bertz CT molecular complexity index is 497. The van der Waals surface area contributed by atoms with Gasteiger partial charge in [0.05, 0.1) is 22.7 Å². The molecule has 4 nitrogen and oxygen atoms in total. The van der Waals surface area contributed by atoms with Crippen molar-refractivity contribution in [3.63, 3.8) is 0 Å². The maximum atomic E-state index is 10.8. The normalized spacial score (nSPS) is 20.4. The standard InChI is InChI=1S/C14H18N2O2S/c1-9(16(2)3)13-15-12(8-19-13)10-4-6-11(7-5-10)14(17)18/h4-7,9,12H,8H2,1-3H3,(H,17,18)/t9-,12?/m0/s1. The van der Waals surface area contributed by atoms with Gasteiger partial charge in [0.15, 0.2) is 0 Å². The van der Waals surface area contributed by atoms with Gasteiger partial charge >= 0.3 is 5.97 Å². The molecule has 0 spiro atoms. The lowest BCUT2D eigenvalue weighted by Crippen LogP contribution is -2.30. The summed E-state index contributed by atoms with van der Waals surface area (Å²) in [5.41, 5.74) is 1.40. The number of benzene rings is 1. The van der Waals surface area contributed by atoms with Gasteiger partial charge in [-0.1, -0.05) is 12.1 Å². The lowest BCUT2D eigenvalue weighted by atomic mass is 10.1. The lowest BCUT2D eigenvalue weighted by Gasteiger charge is -2.18. The molecule has 2 atom stereocenters. The van der Waals surface area contributed by atoms with Crippen molar-refractivity contribution in [2.45, 2.75) is 19.0 Å². The highest BCUT2D eigenvalue weighted by molar-refractivity contribution is 8.14. The van der Waals surface area contributed by atoms with Gasteiger partial charge in [-0.3, -0.25) is 4.99 Å². The zero-order valence-electron chi connectivity index (χ0n) is 11.3. The number of nitrogens with zero attached hydrogens (tertiary/aromatic N) is 2. The predicted octanol–water partition coefficient (Wildman–Crippen LogP) is 2.52. The summed E-state index contributed by atoms with van der Waals surface area (Å²) in [5.74, 6) is 0.0395. The van der Waals surface area contributed by atoms with E-state index in [1.54, 1.807) is 23.9 Å². The molecule has 1 aromatic rings. The number of carboxylic acids is 1. The third-order valence-corrected chi connectivity index (χ3v) is 4.57. The zero-order chi connectivity index (χ0) is 14.0. The topological polar surface area (TPSA) is 52.9 Å². The Morgan fingerprint density at radius 1 is 1.42 bits per heavy atom. The van der Waals surface area contributed by atoms with Crippen molar-refractivity contribution >= 4 is 22.8 Å². The largest absolute Gasteiger partial charge is 0.478 e. The Morgan fingerprint density at radius 3 is 2.58 bits per heavy atom. The van der Waals surface area contributed by atoms with E-state index in [4.69, 9.17) is 10.1 Å². The Balaban J connectivity index is 2.13. The monoisotopic (exact) mass is 278 g/mol. The van der Waals surface area contributed by atoms with Crippen molar-refractivity contribution in [1.29, 1.82) is 0 Å². The van der Waals surface area contributed by atoms with Crippen molar-refractivity contribution in [2.75, 3.05) is 19.8 Å². The van der Waals surface area contributed by atoms with E-state index in [1.165, 1.54) is 0 Å². The highest BCUT2D eigenvalue weighted by Crippen LogP contribution is 2.32. The quantitative estimate of drug-likeness (QED) is 0.919. The van der Waals surface area contributed by atoms with Gasteiger partial charge < -0.3 is 10.0 Å². The number of rotatable bonds is 4. The molecule has 0 aliphatic carbocycles. The van der Waals surface area contributed by atoms with E-state index in [2.05, 4.69) is 11.8 Å². The van der Waals surface area contributed by atoms with Gasteiger partial charge in [-0.25, -0.2) is 4.79 Å². The van der Waals surface area contributed by atoms with E-state index in [1.807, 2.05) is 26.2 Å². The van der Waals surface area contributed by atoms with Gasteiger partial charge in [0.1, 0.15) is 0 Å². The van der Waals surface area contributed by atoms with Crippen LogP contribution in [0.1, 0.15) is 28.9 Å². The first-order valence-electron chi connectivity index (χ1n) is 6.19. The zero-order valence-corrected chi connectivity index (χ0v) is 12.1. The smallest absolute Gasteiger partial charge is 0.335 e. The van der Waals surface area contributed by atoms with Crippen LogP contribution in [0.15, 0.2) is 29.3 Å². The van der Waals surface area contributed by atoms with E-state index in [9.17, 15) is 4.79 Å². The van der Waals surface area contributed by atoms with Crippen molar-refractivity contribution in [1.82, 2.24) is 4.90 Å². The van der Waals surface area contributed by atoms with Gasteiger partial charge in [0, 0.05) is 5.75 Å². The Morgan fingerprint density at radius 2 is 2.05 bits per heavy atom. The second kappa shape index (κ2) is 5.75. The highest BCUT2D eigenvalue weighted by atomic mass is 32.2. The summed E-state index contributed by atoms with van der Waals surface area (Å²) in [6.07, 6.45) is 0. The van der Waals surface area contributed by atoms with Crippen LogP contribution in [0.5, 0.6) is 0 Å². The second-order valence-corrected chi connectivity index (χ2v) is 5.90. The fraction of sp³-hybridized carbons (Fsp3) is 0.429.